The average molecular weight is 322 g/mol. The third-order valence-electron chi connectivity index (χ3n) is 2.98. The first-order valence-corrected chi connectivity index (χ1v) is 7.00. The number of aryl methyl sites for hydroxylation is 1. The maximum absolute atomic E-state index is 12.0. The fourth-order valence-electron chi connectivity index (χ4n) is 2.05. The Morgan fingerprint density at radius 3 is 2.74 bits per heavy atom. The van der Waals surface area contributed by atoms with Gasteiger partial charge in [0.15, 0.2) is 0 Å². The van der Waals surface area contributed by atoms with Crippen molar-refractivity contribution in [3.63, 3.8) is 0 Å². The Morgan fingerprint density at radius 1 is 1.32 bits per heavy atom. The van der Waals surface area contributed by atoms with E-state index in [-0.39, 0.29) is 5.97 Å². The van der Waals surface area contributed by atoms with Crippen LogP contribution in [0.1, 0.15) is 34.1 Å². The van der Waals surface area contributed by atoms with Crippen molar-refractivity contribution < 1.29 is 9.53 Å². The minimum absolute atomic E-state index is 0.261. The minimum atomic E-state index is -0.261. The molecule has 0 fully saturated rings. The number of aromatic nitrogens is 1. The van der Waals surface area contributed by atoms with E-state index in [1.165, 1.54) is 0 Å². The second kappa shape index (κ2) is 6.06. The molecule has 2 aromatic rings. The van der Waals surface area contributed by atoms with Gasteiger partial charge < -0.3 is 9.72 Å². The van der Waals surface area contributed by atoms with Crippen LogP contribution < -0.4 is 0 Å². The topological polar surface area (TPSA) is 42.1 Å². The van der Waals surface area contributed by atoms with Crippen molar-refractivity contribution in [3.05, 3.63) is 57.3 Å². The molecule has 0 aliphatic heterocycles. The van der Waals surface area contributed by atoms with Gasteiger partial charge in [-0.05, 0) is 31.0 Å². The molecule has 0 spiro atoms. The van der Waals surface area contributed by atoms with Crippen molar-refractivity contribution in [1.29, 1.82) is 0 Å². The molecule has 1 heterocycles. The lowest BCUT2D eigenvalue weighted by Gasteiger charge is -2.07. The molecule has 0 saturated carbocycles. The molecular formula is C15H16BrNO2. The molecule has 0 bridgehead atoms. The summed E-state index contributed by atoms with van der Waals surface area (Å²) in [5.74, 6) is -0.261. The van der Waals surface area contributed by atoms with Crippen LogP contribution in [0.5, 0.6) is 0 Å². The van der Waals surface area contributed by atoms with Crippen LogP contribution >= 0.6 is 15.9 Å². The van der Waals surface area contributed by atoms with Gasteiger partial charge in [0.25, 0.3) is 0 Å². The largest absolute Gasteiger partial charge is 0.462 e. The first-order valence-electron chi connectivity index (χ1n) is 6.20. The number of benzene rings is 1. The van der Waals surface area contributed by atoms with E-state index in [0.29, 0.717) is 18.6 Å². The summed E-state index contributed by atoms with van der Waals surface area (Å²) in [5, 5.41) is 0. The normalized spacial score (nSPS) is 10.5. The molecule has 19 heavy (non-hydrogen) atoms. The van der Waals surface area contributed by atoms with Crippen LogP contribution in [0.3, 0.4) is 0 Å². The number of halogens is 1. The Morgan fingerprint density at radius 2 is 2.05 bits per heavy atom. The Kier molecular flexibility index (Phi) is 4.43. The van der Waals surface area contributed by atoms with Gasteiger partial charge in [-0.2, -0.15) is 0 Å². The molecule has 100 valence electrons. The lowest BCUT2D eigenvalue weighted by molar-refractivity contribution is 0.0524. The third kappa shape index (κ3) is 3.07. The van der Waals surface area contributed by atoms with E-state index >= 15 is 0 Å². The van der Waals surface area contributed by atoms with Gasteiger partial charge in [0, 0.05) is 22.8 Å². The summed E-state index contributed by atoms with van der Waals surface area (Å²) in [4.78, 5) is 15.1. The number of hydrogen-bond donors (Lipinski definition) is 1. The van der Waals surface area contributed by atoms with E-state index in [1.54, 1.807) is 0 Å². The fraction of sp³-hybridized carbons (Fsp3) is 0.267. The smallest absolute Gasteiger partial charge is 0.340 e. The van der Waals surface area contributed by atoms with Gasteiger partial charge in [0.05, 0.1) is 12.2 Å². The highest BCUT2D eigenvalue weighted by atomic mass is 79.9. The number of aromatic amines is 1. The van der Waals surface area contributed by atoms with Gasteiger partial charge in [0.1, 0.15) is 0 Å². The van der Waals surface area contributed by atoms with Gasteiger partial charge >= 0.3 is 5.97 Å². The zero-order valence-electron chi connectivity index (χ0n) is 11.0. The van der Waals surface area contributed by atoms with E-state index in [0.717, 1.165) is 21.3 Å². The number of H-pyrrole nitrogens is 1. The fourth-order valence-corrected chi connectivity index (χ4v) is 2.48. The van der Waals surface area contributed by atoms with Gasteiger partial charge in [-0.25, -0.2) is 4.79 Å². The highest BCUT2D eigenvalue weighted by Gasteiger charge is 2.18. The molecule has 2 rings (SSSR count). The van der Waals surface area contributed by atoms with Crippen LogP contribution in [0.25, 0.3) is 0 Å². The predicted octanol–water partition coefficient (Wildman–Crippen LogP) is 3.85. The van der Waals surface area contributed by atoms with Crippen molar-refractivity contribution in [2.24, 2.45) is 0 Å². The quantitative estimate of drug-likeness (QED) is 0.869. The van der Waals surface area contributed by atoms with Crippen molar-refractivity contribution in [1.82, 2.24) is 4.98 Å². The van der Waals surface area contributed by atoms with Gasteiger partial charge in [-0.15, -0.1) is 0 Å². The molecule has 0 aliphatic rings. The molecular weight excluding hydrogens is 306 g/mol. The molecule has 1 aromatic carbocycles. The highest BCUT2D eigenvalue weighted by molar-refractivity contribution is 9.10. The Labute approximate surface area is 121 Å². The first kappa shape index (κ1) is 13.9. The van der Waals surface area contributed by atoms with Gasteiger partial charge in [-0.3, -0.25) is 0 Å². The van der Waals surface area contributed by atoms with Crippen LogP contribution in [-0.4, -0.2) is 17.6 Å². The summed E-state index contributed by atoms with van der Waals surface area (Å²) in [6.45, 7) is 4.08. The van der Waals surface area contributed by atoms with Crippen molar-refractivity contribution >= 4 is 21.9 Å². The molecule has 0 saturated heterocycles. The highest BCUT2D eigenvalue weighted by Crippen LogP contribution is 2.23. The number of rotatable bonds is 4. The molecule has 1 N–H and O–H groups in total. The van der Waals surface area contributed by atoms with E-state index in [9.17, 15) is 4.79 Å². The van der Waals surface area contributed by atoms with Gasteiger partial charge in [0.2, 0.25) is 0 Å². The van der Waals surface area contributed by atoms with E-state index in [2.05, 4.69) is 20.9 Å². The first-order chi connectivity index (χ1) is 9.13. The second-order valence-electron chi connectivity index (χ2n) is 4.30. The van der Waals surface area contributed by atoms with E-state index < -0.39 is 0 Å². The minimum Gasteiger partial charge on any atom is -0.462 e. The monoisotopic (exact) mass is 321 g/mol. The SMILES string of the molecule is CCOC(=O)c1c(Cc2ccccc2Br)c[nH]c1C. The average Bonchev–Trinajstić information content (AvgIpc) is 2.74. The summed E-state index contributed by atoms with van der Waals surface area (Å²) in [6, 6.07) is 8.01. The number of hydrogen-bond acceptors (Lipinski definition) is 2. The summed E-state index contributed by atoms with van der Waals surface area (Å²) in [6.07, 6.45) is 2.57. The summed E-state index contributed by atoms with van der Waals surface area (Å²) < 4.78 is 6.15. The molecule has 3 nitrogen and oxygen atoms in total. The molecule has 0 amide bonds. The van der Waals surface area contributed by atoms with E-state index in [1.807, 2.05) is 44.3 Å². The van der Waals surface area contributed by atoms with Crippen LogP contribution in [-0.2, 0) is 11.2 Å². The lowest BCUT2D eigenvalue weighted by atomic mass is 10.0. The summed E-state index contributed by atoms with van der Waals surface area (Å²) >= 11 is 3.53. The predicted molar refractivity (Wildman–Crippen MR) is 78.4 cm³/mol. The maximum atomic E-state index is 12.0. The molecule has 1 aromatic heterocycles. The second-order valence-corrected chi connectivity index (χ2v) is 5.16. The zero-order valence-corrected chi connectivity index (χ0v) is 12.6. The number of esters is 1. The summed E-state index contributed by atoms with van der Waals surface area (Å²) in [7, 11) is 0. The summed E-state index contributed by atoms with van der Waals surface area (Å²) in [5.41, 5.74) is 3.60. The number of nitrogens with one attached hydrogen (secondary N) is 1. The van der Waals surface area contributed by atoms with Crippen molar-refractivity contribution in [3.8, 4) is 0 Å². The third-order valence-corrected chi connectivity index (χ3v) is 3.75. The van der Waals surface area contributed by atoms with Crippen molar-refractivity contribution in [2.75, 3.05) is 6.61 Å². The van der Waals surface area contributed by atoms with E-state index in [4.69, 9.17) is 4.74 Å². The van der Waals surface area contributed by atoms with Crippen LogP contribution in [0, 0.1) is 6.92 Å². The van der Waals surface area contributed by atoms with Crippen molar-refractivity contribution in [2.45, 2.75) is 20.3 Å². The number of carbonyl (C=O) groups excluding carboxylic acids is 1. The maximum Gasteiger partial charge on any atom is 0.340 e. The standard InChI is InChI=1S/C15H16BrNO2/c1-3-19-15(18)14-10(2)17-9-12(14)8-11-6-4-5-7-13(11)16/h4-7,9,17H,3,8H2,1-2H3. The Balaban J connectivity index is 2.31. The lowest BCUT2D eigenvalue weighted by Crippen LogP contribution is -2.08. The van der Waals surface area contributed by atoms with Crippen LogP contribution in [0.15, 0.2) is 34.9 Å². The number of carbonyl (C=O) groups is 1. The van der Waals surface area contributed by atoms with Crippen LogP contribution in [0.4, 0.5) is 0 Å². The molecule has 0 atom stereocenters. The Bertz CT molecular complexity index is 590. The van der Waals surface area contributed by atoms with Gasteiger partial charge in [-0.1, -0.05) is 34.1 Å². The Hall–Kier alpha value is -1.55. The van der Waals surface area contributed by atoms with Crippen LogP contribution in [0.2, 0.25) is 0 Å². The zero-order chi connectivity index (χ0) is 13.8. The number of ether oxygens (including phenoxy) is 1. The molecule has 0 radical (unpaired) electrons. The molecule has 4 heteroatoms. The molecule has 0 unspecified atom stereocenters. The molecule has 0 aliphatic carbocycles.